The highest BCUT2D eigenvalue weighted by Gasteiger charge is 2.37. The SMILES string of the molecule is CCC1=C(C(=O)Oc2cnno2)C(C(=O)NC(C)c2ccccc2)NC(OC)=N1. The summed E-state index contributed by atoms with van der Waals surface area (Å²) < 4.78 is 15.0. The van der Waals surface area contributed by atoms with Gasteiger partial charge in [0.1, 0.15) is 12.2 Å². The van der Waals surface area contributed by atoms with Crippen molar-refractivity contribution in [1.82, 2.24) is 21.0 Å². The molecule has 3 rings (SSSR count). The van der Waals surface area contributed by atoms with Crippen molar-refractivity contribution in [2.45, 2.75) is 32.4 Å². The van der Waals surface area contributed by atoms with Gasteiger partial charge in [-0.2, -0.15) is 0 Å². The lowest BCUT2D eigenvalue weighted by molar-refractivity contribution is -0.134. The monoisotopic (exact) mass is 399 g/mol. The van der Waals surface area contributed by atoms with Crippen LogP contribution in [-0.4, -0.2) is 41.4 Å². The van der Waals surface area contributed by atoms with Crippen molar-refractivity contribution in [2.24, 2.45) is 4.99 Å². The highest BCUT2D eigenvalue weighted by atomic mass is 16.7. The van der Waals surface area contributed by atoms with E-state index in [4.69, 9.17) is 14.0 Å². The fourth-order valence-electron chi connectivity index (χ4n) is 2.85. The van der Waals surface area contributed by atoms with E-state index < -0.39 is 17.9 Å². The average Bonchev–Trinajstić information content (AvgIpc) is 3.26. The molecule has 0 saturated carbocycles. The standard InChI is InChI=1S/C19H21N5O5/c1-4-13-15(18(26)28-14-10-20-24-29-14)16(23-19(22-13)27-3)17(25)21-11(2)12-8-6-5-7-9-12/h5-11,16H,4H2,1-3H3,(H,21,25)(H,22,23). The molecular formula is C19H21N5O5. The Hall–Kier alpha value is -3.69. The van der Waals surface area contributed by atoms with Crippen molar-refractivity contribution in [3.05, 3.63) is 53.4 Å². The van der Waals surface area contributed by atoms with Crippen molar-refractivity contribution < 1.29 is 23.6 Å². The van der Waals surface area contributed by atoms with E-state index in [0.29, 0.717) is 12.1 Å². The van der Waals surface area contributed by atoms with Crippen LogP contribution >= 0.6 is 0 Å². The Morgan fingerprint density at radius 1 is 1.31 bits per heavy atom. The molecule has 1 amide bonds. The lowest BCUT2D eigenvalue weighted by Crippen LogP contribution is -2.52. The Bertz CT molecular complexity index is 924. The molecule has 10 heteroatoms. The van der Waals surface area contributed by atoms with E-state index in [1.807, 2.05) is 44.2 Å². The molecule has 0 aliphatic carbocycles. The van der Waals surface area contributed by atoms with Gasteiger partial charge in [-0.15, -0.1) is 5.10 Å². The van der Waals surface area contributed by atoms with Crippen molar-refractivity contribution in [3.8, 4) is 5.95 Å². The van der Waals surface area contributed by atoms with Gasteiger partial charge < -0.3 is 20.1 Å². The van der Waals surface area contributed by atoms with Crippen LogP contribution in [-0.2, 0) is 14.3 Å². The second kappa shape index (κ2) is 9.00. The Morgan fingerprint density at radius 3 is 2.69 bits per heavy atom. The van der Waals surface area contributed by atoms with Gasteiger partial charge in [0, 0.05) is 5.27 Å². The third-order valence-electron chi connectivity index (χ3n) is 4.31. The predicted molar refractivity (Wildman–Crippen MR) is 102 cm³/mol. The van der Waals surface area contributed by atoms with E-state index in [1.165, 1.54) is 7.11 Å². The Kier molecular flexibility index (Phi) is 6.22. The zero-order valence-corrected chi connectivity index (χ0v) is 16.2. The van der Waals surface area contributed by atoms with Crippen LogP contribution in [0.2, 0.25) is 0 Å². The molecular weight excluding hydrogens is 378 g/mol. The first kappa shape index (κ1) is 20.1. The number of hydrogen-bond acceptors (Lipinski definition) is 9. The number of benzene rings is 1. The van der Waals surface area contributed by atoms with Crippen LogP contribution in [0.1, 0.15) is 31.9 Å². The quantitative estimate of drug-likeness (QED) is 0.699. The zero-order valence-electron chi connectivity index (χ0n) is 16.2. The molecule has 29 heavy (non-hydrogen) atoms. The Morgan fingerprint density at radius 2 is 2.07 bits per heavy atom. The maximum atomic E-state index is 13.0. The molecule has 2 N–H and O–H groups in total. The third kappa shape index (κ3) is 4.60. The molecule has 2 heterocycles. The van der Waals surface area contributed by atoms with Crippen molar-refractivity contribution >= 4 is 17.9 Å². The number of hydrogen-bond donors (Lipinski definition) is 2. The molecule has 1 aromatic carbocycles. The number of methoxy groups -OCH3 is 1. The van der Waals surface area contributed by atoms with Crippen molar-refractivity contribution in [1.29, 1.82) is 0 Å². The number of carbonyl (C=O) groups excluding carboxylic acids is 2. The summed E-state index contributed by atoms with van der Waals surface area (Å²) in [6, 6.07) is 8.26. The molecule has 2 aromatic rings. The van der Waals surface area contributed by atoms with Gasteiger partial charge in [-0.05, 0) is 18.9 Å². The summed E-state index contributed by atoms with van der Waals surface area (Å²) in [7, 11) is 1.42. The van der Waals surface area contributed by atoms with Crippen LogP contribution in [0.4, 0.5) is 0 Å². The molecule has 1 aromatic heterocycles. The highest BCUT2D eigenvalue weighted by molar-refractivity contribution is 6.04. The lowest BCUT2D eigenvalue weighted by Gasteiger charge is -2.27. The number of amidine groups is 1. The second-order valence-electron chi connectivity index (χ2n) is 6.18. The molecule has 1 aliphatic rings. The number of ether oxygens (including phenoxy) is 2. The summed E-state index contributed by atoms with van der Waals surface area (Å²) >= 11 is 0. The number of allylic oxidation sites excluding steroid dienone is 1. The largest absolute Gasteiger partial charge is 0.468 e. The average molecular weight is 399 g/mol. The van der Waals surface area contributed by atoms with E-state index >= 15 is 0 Å². The van der Waals surface area contributed by atoms with Crippen LogP contribution in [0.25, 0.3) is 0 Å². The number of rotatable bonds is 6. The molecule has 0 fully saturated rings. The van der Waals surface area contributed by atoms with Gasteiger partial charge in [0.2, 0.25) is 5.91 Å². The number of esters is 1. The van der Waals surface area contributed by atoms with Crippen molar-refractivity contribution in [2.75, 3.05) is 7.11 Å². The minimum atomic E-state index is -1.06. The summed E-state index contributed by atoms with van der Waals surface area (Å²) in [4.78, 5) is 30.1. The number of aliphatic imine (C=N–C) groups is 1. The van der Waals surface area contributed by atoms with E-state index in [2.05, 4.69) is 26.0 Å². The number of nitrogens with one attached hydrogen (secondary N) is 2. The fourth-order valence-corrected chi connectivity index (χ4v) is 2.85. The Balaban J connectivity index is 1.87. The van der Waals surface area contributed by atoms with E-state index in [1.54, 1.807) is 0 Å². The minimum Gasteiger partial charge on any atom is -0.468 e. The van der Waals surface area contributed by atoms with Crippen molar-refractivity contribution in [3.63, 3.8) is 0 Å². The molecule has 0 radical (unpaired) electrons. The van der Waals surface area contributed by atoms with Gasteiger partial charge >= 0.3 is 11.9 Å². The van der Waals surface area contributed by atoms with Gasteiger partial charge in [0.25, 0.3) is 6.02 Å². The molecule has 1 aliphatic heterocycles. The summed E-state index contributed by atoms with van der Waals surface area (Å²) in [5.74, 6) is -1.41. The van der Waals surface area contributed by atoms with Gasteiger partial charge in [-0.3, -0.25) is 9.32 Å². The lowest BCUT2D eigenvalue weighted by atomic mass is 10.00. The first-order valence-electron chi connectivity index (χ1n) is 9.00. The topological polar surface area (TPSA) is 128 Å². The number of aromatic nitrogens is 2. The third-order valence-corrected chi connectivity index (χ3v) is 4.31. The van der Waals surface area contributed by atoms with E-state index in [0.717, 1.165) is 11.8 Å². The van der Waals surface area contributed by atoms with Gasteiger partial charge in [-0.1, -0.05) is 37.3 Å². The molecule has 0 saturated heterocycles. The maximum absolute atomic E-state index is 13.0. The first-order valence-corrected chi connectivity index (χ1v) is 9.00. The Labute approximate surface area is 167 Å². The maximum Gasteiger partial charge on any atom is 0.346 e. The van der Waals surface area contributed by atoms with E-state index in [9.17, 15) is 9.59 Å². The molecule has 2 atom stereocenters. The zero-order chi connectivity index (χ0) is 20.8. The first-order chi connectivity index (χ1) is 14.0. The fraction of sp³-hybridized carbons (Fsp3) is 0.316. The van der Waals surface area contributed by atoms with Gasteiger partial charge in [0.05, 0.1) is 24.4 Å². The predicted octanol–water partition coefficient (Wildman–Crippen LogP) is 1.49. The minimum absolute atomic E-state index is 0.0578. The molecule has 2 unspecified atom stereocenters. The van der Waals surface area contributed by atoms with E-state index in [-0.39, 0.29) is 23.6 Å². The summed E-state index contributed by atoms with van der Waals surface area (Å²) in [5.41, 5.74) is 1.35. The number of amides is 1. The normalized spacial score (nSPS) is 17.1. The number of nitrogens with zero attached hydrogens (tertiary/aromatic N) is 3. The van der Waals surface area contributed by atoms with Crippen LogP contribution in [0.5, 0.6) is 5.95 Å². The van der Waals surface area contributed by atoms with Gasteiger partial charge in [0.15, 0.2) is 0 Å². The molecule has 152 valence electrons. The number of carbonyl (C=O) groups is 2. The molecule has 0 spiro atoms. The second-order valence-corrected chi connectivity index (χ2v) is 6.18. The van der Waals surface area contributed by atoms with Crippen LogP contribution in [0.15, 0.2) is 57.3 Å². The summed E-state index contributed by atoms with van der Waals surface area (Å²) in [6.45, 7) is 3.66. The molecule has 10 nitrogen and oxygen atoms in total. The van der Waals surface area contributed by atoms with Crippen LogP contribution < -0.4 is 15.4 Å². The van der Waals surface area contributed by atoms with Gasteiger partial charge in [-0.25, -0.2) is 9.79 Å². The highest BCUT2D eigenvalue weighted by Crippen LogP contribution is 2.23. The summed E-state index contributed by atoms with van der Waals surface area (Å²) in [5, 5.41) is 12.4. The molecule has 0 bridgehead atoms. The van der Waals surface area contributed by atoms with Crippen LogP contribution in [0.3, 0.4) is 0 Å². The smallest absolute Gasteiger partial charge is 0.346 e. The van der Waals surface area contributed by atoms with Crippen LogP contribution in [0, 0.1) is 0 Å². The summed E-state index contributed by atoms with van der Waals surface area (Å²) in [6.07, 6.45) is 1.53.